The Morgan fingerprint density at radius 2 is 1.21 bits per heavy atom. The summed E-state index contributed by atoms with van der Waals surface area (Å²) in [4.78, 5) is 0. The Balaban J connectivity index is 2.07. The fourth-order valence-electron chi connectivity index (χ4n) is 2.88. The summed E-state index contributed by atoms with van der Waals surface area (Å²) in [5, 5.41) is 21.4. The van der Waals surface area contributed by atoms with Gasteiger partial charge in [-0.05, 0) is 48.2 Å². The van der Waals surface area contributed by atoms with Crippen molar-refractivity contribution in [2.24, 2.45) is 0 Å². The van der Waals surface area contributed by atoms with E-state index in [-0.39, 0.29) is 0 Å². The summed E-state index contributed by atoms with van der Waals surface area (Å²) in [7, 11) is 0. The zero-order valence-corrected chi connectivity index (χ0v) is 16.7. The SMILES string of the molecule is CCCCOc1ccc(C(N[O-])C(NO)c2ccc(OCCCC)cc2)cc1. The Hall–Kier alpha value is -2.12. The van der Waals surface area contributed by atoms with E-state index in [2.05, 4.69) is 24.8 Å². The van der Waals surface area contributed by atoms with Gasteiger partial charge >= 0.3 is 0 Å². The normalized spacial score (nSPS) is 13.1. The molecule has 0 saturated carbocycles. The van der Waals surface area contributed by atoms with Crippen LogP contribution in [0, 0.1) is 5.21 Å². The van der Waals surface area contributed by atoms with Crippen LogP contribution in [0.4, 0.5) is 0 Å². The Morgan fingerprint density at radius 3 is 1.57 bits per heavy atom. The summed E-state index contributed by atoms with van der Waals surface area (Å²) in [6.45, 7) is 5.58. The lowest BCUT2D eigenvalue weighted by Crippen LogP contribution is -2.31. The number of hydrogen-bond acceptors (Lipinski definition) is 6. The minimum absolute atomic E-state index is 0.603. The molecule has 0 aromatic heterocycles. The first-order valence-electron chi connectivity index (χ1n) is 9.96. The molecule has 0 radical (unpaired) electrons. The highest BCUT2D eigenvalue weighted by Crippen LogP contribution is 2.30. The van der Waals surface area contributed by atoms with Crippen LogP contribution in [0.25, 0.3) is 0 Å². The number of unbranched alkanes of at least 4 members (excludes halogenated alkanes) is 2. The molecular formula is C22H31N2O4-. The smallest absolute Gasteiger partial charge is 0.119 e. The summed E-state index contributed by atoms with van der Waals surface area (Å²) >= 11 is 0. The van der Waals surface area contributed by atoms with Crippen LogP contribution in [0.15, 0.2) is 48.5 Å². The number of benzene rings is 2. The van der Waals surface area contributed by atoms with Gasteiger partial charge in [0.1, 0.15) is 11.5 Å². The molecule has 0 amide bonds. The minimum Gasteiger partial charge on any atom is -0.787 e. The third kappa shape index (κ3) is 6.49. The van der Waals surface area contributed by atoms with Gasteiger partial charge in [0.15, 0.2) is 0 Å². The Morgan fingerprint density at radius 1 is 0.786 bits per heavy atom. The van der Waals surface area contributed by atoms with Gasteiger partial charge in [-0.1, -0.05) is 51.0 Å². The van der Waals surface area contributed by atoms with E-state index in [1.54, 1.807) is 0 Å². The van der Waals surface area contributed by atoms with Crippen molar-refractivity contribution >= 4 is 0 Å². The topological polar surface area (TPSA) is 85.8 Å². The van der Waals surface area contributed by atoms with Gasteiger partial charge in [0, 0.05) is 6.04 Å². The molecule has 6 nitrogen and oxygen atoms in total. The monoisotopic (exact) mass is 387 g/mol. The second-order valence-electron chi connectivity index (χ2n) is 6.74. The van der Waals surface area contributed by atoms with Crippen LogP contribution in [0.2, 0.25) is 0 Å². The van der Waals surface area contributed by atoms with Gasteiger partial charge in [0.2, 0.25) is 0 Å². The molecule has 0 aliphatic heterocycles. The molecule has 2 aromatic carbocycles. The largest absolute Gasteiger partial charge is 0.787 e. The lowest BCUT2D eigenvalue weighted by Gasteiger charge is -2.30. The van der Waals surface area contributed by atoms with Crippen molar-refractivity contribution in [3.63, 3.8) is 0 Å². The highest BCUT2D eigenvalue weighted by Gasteiger charge is 2.22. The number of nitrogens with one attached hydrogen (secondary N) is 2. The molecule has 3 N–H and O–H groups in total. The van der Waals surface area contributed by atoms with Crippen LogP contribution in [0.3, 0.4) is 0 Å². The van der Waals surface area contributed by atoms with E-state index < -0.39 is 12.1 Å². The first-order valence-corrected chi connectivity index (χ1v) is 9.96. The maximum absolute atomic E-state index is 11.7. The highest BCUT2D eigenvalue weighted by atomic mass is 16.5. The lowest BCUT2D eigenvalue weighted by molar-refractivity contribution is 0.109. The average molecular weight is 388 g/mol. The van der Waals surface area contributed by atoms with Crippen molar-refractivity contribution in [3.8, 4) is 11.5 Å². The molecule has 0 bridgehead atoms. The molecule has 2 unspecified atom stereocenters. The maximum atomic E-state index is 11.7. The second kappa shape index (κ2) is 12.4. The predicted octanol–water partition coefficient (Wildman–Crippen LogP) is 4.89. The fourth-order valence-corrected chi connectivity index (χ4v) is 2.88. The highest BCUT2D eigenvalue weighted by molar-refractivity contribution is 5.34. The van der Waals surface area contributed by atoms with Crippen molar-refractivity contribution in [3.05, 3.63) is 64.9 Å². The molecule has 0 fully saturated rings. The molecule has 0 heterocycles. The fraction of sp³-hybridized carbons (Fsp3) is 0.455. The van der Waals surface area contributed by atoms with Gasteiger partial charge in [-0.2, -0.15) is 5.48 Å². The van der Waals surface area contributed by atoms with E-state index >= 15 is 0 Å². The van der Waals surface area contributed by atoms with Crippen molar-refractivity contribution in [1.29, 1.82) is 0 Å². The minimum atomic E-state index is -0.651. The Kier molecular flexibility index (Phi) is 9.79. The van der Waals surface area contributed by atoms with Gasteiger partial charge in [0.05, 0.1) is 19.3 Å². The van der Waals surface area contributed by atoms with E-state index in [1.807, 2.05) is 48.5 Å². The summed E-state index contributed by atoms with van der Waals surface area (Å²) < 4.78 is 11.3. The van der Waals surface area contributed by atoms with Crippen LogP contribution >= 0.6 is 0 Å². The number of hydroxylamine groups is 2. The molecule has 0 saturated heterocycles. The summed E-state index contributed by atoms with van der Waals surface area (Å²) in [6, 6.07) is 13.5. The molecule has 0 spiro atoms. The molecule has 0 aliphatic rings. The van der Waals surface area contributed by atoms with E-state index in [1.165, 1.54) is 0 Å². The summed E-state index contributed by atoms with van der Waals surface area (Å²) in [5.74, 6) is 1.54. The lowest BCUT2D eigenvalue weighted by atomic mass is 9.94. The quantitative estimate of drug-likeness (QED) is 0.335. The third-order valence-corrected chi connectivity index (χ3v) is 4.61. The zero-order chi connectivity index (χ0) is 20.2. The van der Waals surface area contributed by atoms with Crippen molar-refractivity contribution in [2.75, 3.05) is 13.2 Å². The number of rotatable bonds is 13. The van der Waals surface area contributed by atoms with E-state index in [4.69, 9.17) is 9.47 Å². The third-order valence-electron chi connectivity index (χ3n) is 4.61. The number of hydrogen-bond donors (Lipinski definition) is 3. The van der Waals surface area contributed by atoms with E-state index in [0.29, 0.717) is 13.2 Å². The van der Waals surface area contributed by atoms with Crippen LogP contribution in [0.5, 0.6) is 11.5 Å². The zero-order valence-electron chi connectivity index (χ0n) is 16.7. The van der Waals surface area contributed by atoms with Crippen LogP contribution in [0.1, 0.15) is 62.7 Å². The van der Waals surface area contributed by atoms with Gasteiger partial charge in [-0.15, -0.1) is 0 Å². The molecule has 2 aromatic rings. The van der Waals surface area contributed by atoms with Gasteiger partial charge in [-0.3, -0.25) is 0 Å². The molecule has 154 valence electrons. The molecular weight excluding hydrogens is 356 g/mol. The van der Waals surface area contributed by atoms with Crippen molar-refractivity contribution < 1.29 is 14.7 Å². The standard InChI is InChI=1S/C22H31N2O4/c1-3-5-15-27-19-11-7-17(8-12-19)21(23-25)22(24-26)18-9-13-20(14-10-18)28-16-6-4-2/h7-14,21-25H,3-6,15-16H2,1-2H3/q-1. The Bertz CT molecular complexity index is 602. The van der Waals surface area contributed by atoms with Gasteiger partial charge in [0.25, 0.3) is 0 Å². The second-order valence-corrected chi connectivity index (χ2v) is 6.74. The average Bonchev–Trinajstić information content (AvgIpc) is 2.74. The first-order chi connectivity index (χ1) is 13.7. The van der Waals surface area contributed by atoms with Gasteiger partial charge < -0.3 is 25.4 Å². The van der Waals surface area contributed by atoms with E-state index in [9.17, 15) is 10.4 Å². The predicted molar refractivity (Wildman–Crippen MR) is 111 cm³/mol. The molecule has 2 rings (SSSR count). The molecule has 0 aliphatic carbocycles. The first kappa shape index (κ1) is 22.2. The maximum Gasteiger partial charge on any atom is 0.119 e. The molecule has 28 heavy (non-hydrogen) atoms. The molecule has 2 atom stereocenters. The van der Waals surface area contributed by atoms with Crippen LogP contribution in [-0.4, -0.2) is 18.4 Å². The Labute approximate surface area is 167 Å². The summed E-state index contributed by atoms with van der Waals surface area (Å²) in [6.07, 6.45) is 4.16. The molecule has 6 heteroatoms. The van der Waals surface area contributed by atoms with Crippen LogP contribution in [-0.2, 0) is 0 Å². The van der Waals surface area contributed by atoms with Crippen molar-refractivity contribution in [2.45, 2.75) is 51.6 Å². The van der Waals surface area contributed by atoms with Crippen molar-refractivity contribution in [1.82, 2.24) is 11.0 Å². The summed E-state index contributed by atoms with van der Waals surface area (Å²) in [5.41, 5.74) is 5.85. The van der Waals surface area contributed by atoms with Crippen LogP contribution < -0.4 is 20.4 Å². The van der Waals surface area contributed by atoms with E-state index in [0.717, 1.165) is 48.3 Å². The van der Waals surface area contributed by atoms with Gasteiger partial charge in [-0.25, -0.2) is 0 Å². The number of ether oxygens (including phenoxy) is 2.